The molecule has 4 nitrogen and oxygen atoms in total. The van der Waals surface area contributed by atoms with Crippen molar-refractivity contribution in [2.75, 3.05) is 32.7 Å². The molecule has 2 aliphatic heterocycles. The van der Waals surface area contributed by atoms with E-state index in [4.69, 9.17) is 0 Å². The van der Waals surface area contributed by atoms with E-state index in [-0.39, 0.29) is 18.3 Å². The van der Waals surface area contributed by atoms with Crippen LogP contribution in [0.1, 0.15) is 6.42 Å². The van der Waals surface area contributed by atoms with Crippen LogP contribution >= 0.6 is 12.4 Å². The second-order valence-electron chi connectivity index (χ2n) is 3.47. The van der Waals surface area contributed by atoms with Gasteiger partial charge in [0.15, 0.2) is 0 Å². The normalized spacial score (nSPS) is 29.5. The van der Waals surface area contributed by atoms with E-state index in [0.29, 0.717) is 12.6 Å². The maximum atomic E-state index is 11.1. The van der Waals surface area contributed by atoms with Crippen LogP contribution in [0.15, 0.2) is 0 Å². The number of nitrogens with zero attached hydrogens (tertiary/aromatic N) is 1. The van der Waals surface area contributed by atoms with Crippen LogP contribution in [0.5, 0.6) is 0 Å². The molecule has 0 aromatic rings. The summed E-state index contributed by atoms with van der Waals surface area (Å²) in [6, 6.07) is 0.594. The largest absolute Gasteiger partial charge is 0.354 e. The van der Waals surface area contributed by atoms with Crippen molar-refractivity contribution in [3.8, 4) is 0 Å². The molecule has 2 N–H and O–H groups in total. The van der Waals surface area contributed by atoms with Crippen molar-refractivity contribution in [2.24, 2.45) is 0 Å². The molecule has 2 rings (SSSR count). The third-order valence-electron chi connectivity index (χ3n) is 2.62. The van der Waals surface area contributed by atoms with Crippen LogP contribution in [-0.2, 0) is 4.79 Å². The minimum atomic E-state index is 0. The average Bonchev–Trinajstić information content (AvgIpc) is 2.56. The van der Waals surface area contributed by atoms with E-state index < -0.39 is 0 Å². The first-order valence-electron chi connectivity index (χ1n) is 4.58. The van der Waals surface area contributed by atoms with Gasteiger partial charge < -0.3 is 10.6 Å². The predicted octanol–water partition coefficient (Wildman–Crippen LogP) is -0.798. The first-order valence-corrected chi connectivity index (χ1v) is 4.58. The maximum Gasteiger partial charge on any atom is 0.234 e. The summed E-state index contributed by atoms with van der Waals surface area (Å²) in [5.41, 5.74) is 0. The standard InChI is InChI=1S/C8H15N3O.ClH/c12-8-6-11(4-3-10-8)7-1-2-9-5-7;/h7,9H,1-6H2,(H,10,12);1H. The Bertz CT molecular complexity index is 182. The van der Waals surface area contributed by atoms with Gasteiger partial charge >= 0.3 is 0 Å². The number of carbonyl (C=O) groups excluding carboxylic acids is 1. The van der Waals surface area contributed by atoms with Crippen LogP contribution < -0.4 is 10.6 Å². The summed E-state index contributed by atoms with van der Waals surface area (Å²) >= 11 is 0. The smallest absolute Gasteiger partial charge is 0.234 e. The van der Waals surface area contributed by atoms with E-state index in [1.54, 1.807) is 0 Å². The third-order valence-corrected chi connectivity index (χ3v) is 2.62. The van der Waals surface area contributed by atoms with Crippen LogP contribution in [0, 0.1) is 0 Å². The molecule has 0 radical (unpaired) electrons. The second kappa shape index (κ2) is 4.79. The molecule has 0 aromatic heterocycles. The van der Waals surface area contributed by atoms with Gasteiger partial charge in [0.05, 0.1) is 6.54 Å². The number of rotatable bonds is 1. The highest BCUT2D eigenvalue weighted by Gasteiger charge is 2.25. The van der Waals surface area contributed by atoms with Crippen molar-refractivity contribution in [1.82, 2.24) is 15.5 Å². The van der Waals surface area contributed by atoms with Gasteiger partial charge in [-0.25, -0.2) is 0 Å². The number of piperazine rings is 1. The summed E-state index contributed by atoms with van der Waals surface area (Å²) in [7, 11) is 0. The van der Waals surface area contributed by atoms with Gasteiger partial charge in [0.1, 0.15) is 0 Å². The highest BCUT2D eigenvalue weighted by molar-refractivity contribution is 5.85. The number of nitrogens with one attached hydrogen (secondary N) is 2. The van der Waals surface area contributed by atoms with Crippen molar-refractivity contribution in [3.63, 3.8) is 0 Å². The Hall–Kier alpha value is -0.320. The molecule has 76 valence electrons. The molecular formula is C8H16ClN3O. The Labute approximate surface area is 84.5 Å². The fourth-order valence-electron chi connectivity index (χ4n) is 1.92. The maximum absolute atomic E-state index is 11.1. The molecular weight excluding hydrogens is 190 g/mol. The van der Waals surface area contributed by atoms with Crippen LogP contribution in [-0.4, -0.2) is 49.6 Å². The summed E-state index contributed by atoms with van der Waals surface area (Å²) in [6.45, 7) is 4.57. The van der Waals surface area contributed by atoms with Crippen LogP contribution in [0.25, 0.3) is 0 Å². The molecule has 13 heavy (non-hydrogen) atoms. The Morgan fingerprint density at radius 1 is 1.38 bits per heavy atom. The van der Waals surface area contributed by atoms with Gasteiger partial charge in [-0.3, -0.25) is 9.69 Å². The van der Waals surface area contributed by atoms with Gasteiger partial charge in [-0.05, 0) is 13.0 Å². The van der Waals surface area contributed by atoms with Crippen molar-refractivity contribution >= 4 is 18.3 Å². The van der Waals surface area contributed by atoms with Gasteiger partial charge in [-0.15, -0.1) is 12.4 Å². The van der Waals surface area contributed by atoms with Crippen LogP contribution in [0.2, 0.25) is 0 Å². The van der Waals surface area contributed by atoms with Crippen LogP contribution in [0.4, 0.5) is 0 Å². The minimum absolute atomic E-state index is 0. The molecule has 2 aliphatic rings. The molecule has 0 aromatic carbocycles. The third kappa shape index (κ3) is 2.56. The molecule has 0 aliphatic carbocycles. The zero-order valence-corrected chi connectivity index (χ0v) is 8.40. The molecule has 2 saturated heterocycles. The lowest BCUT2D eigenvalue weighted by molar-refractivity contribution is -0.124. The average molecular weight is 206 g/mol. The molecule has 2 fully saturated rings. The van der Waals surface area contributed by atoms with E-state index in [2.05, 4.69) is 15.5 Å². The first kappa shape index (κ1) is 10.8. The van der Waals surface area contributed by atoms with E-state index in [9.17, 15) is 4.79 Å². The van der Waals surface area contributed by atoms with Gasteiger partial charge in [0.2, 0.25) is 5.91 Å². The number of hydrogen-bond donors (Lipinski definition) is 2. The fourth-order valence-corrected chi connectivity index (χ4v) is 1.92. The van der Waals surface area contributed by atoms with Crippen LogP contribution in [0.3, 0.4) is 0 Å². The summed E-state index contributed by atoms with van der Waals surface area (Å²) in [4.78, 5) is 13.3. The lowest BCUT2D eigenvalue weighted by Crippen LogP contribution is -2.52. The second-order valence-corrected chi connectivity index (χ2v) is 3.47. The van der Waals surface area contributed by atoms with Gasteiger partial charge in [-0.2, -0.15) is 0 Å². The molecule has 1 unspecified atom stereocenters. The molecule has 2 heterocycles. The van der Waals surface area contributed by atoms with Crippen molar-refractivity contribution in [2.45, 2.75) is 12.5 Å². The number of amides is 1. The first-order chi connectivity index (χ1) is 5.86. The number of halogens is 1. The Balaban J connectivity index is 0.000000845. The molecule has 1 atom stereocenters. The zero-order valence-electron chi connectivity index (χ0n) is 7.58. The quantitative estimate of drug-likeness (QED) is 0.590. The molecule has 5 heteroatoms. The topological polar surface area (TPSA) is 44.4 Å². The van der Waals surface area contributed by atoms with E-state index >= 15 is 0 Å². The Morgan fingerprint density at radius 3 is 2.85 bits per heavy atom. The van der Waals surface area contributed by atoms with Gasteiger partial charge in [0.25, 0.3) is 0 Å². The molecule has 0 bridgehead atoms. The zero-order chi connectivity index (χ0) is 8.39. The van der Waals surface area contributed by atoms with Gasteiger partial charge in [0, 0.05) is 25.7 Å². The summed E-state index contributed by atoms with van der Waals surface area (Å²) in [5.74, 6) is 0.174. The van der Waals surface area contributed by atoms with E-state index in [1.807, 2.05) is 0 Å². The van der Waals surface area contributed by atoms with E-state index in [1.165, 1.54) is 6.42 Å². The highest BCUT2D eigenvalue weighted by atomic mass is 35.5. The summed E-state index contributed by atoms with van der Waals surface area (Å²) in [6.07, 6.45) is 1.19. The van der Waals surface area contributed by atoms with E-state index in [0.717, 1.165) is 26.2 Å². The van der Waals surface area contributed by atoms with Crippen molar-refractivity contribution in [3.05, 3.63) is 0 Å². The SMILES string of the molecule is Cl.O=C1CN(C2CCNC2)CCN1. The Kier molecular flexibility index (Phi) is 3.96. The lowest BCUT2D eigenvalue weighted by atomic mass is 10.2. The lowest BCUT2D eigenvalue weighted by Gasteiger charge is -2.31. The van der Waals surface area contributed by atoms with Gasteiger partial charge in [-0.1, -0.05) is 0 Å². The minimum Gasteiger partial charge on any atom is -0.354 e. The number of hydrogen-bond acceptors (Lipinski definition) is 3. The number of carbonyl (C=O) groups is 1. The Morgan fingerprint density at radius 2 is 2.23 bits per heavy atom. The fraction of sp³-hybridized carbons (Fsp3) is 0.875. The summed E-state index contributed by atoms with van der Waals surface area (Å²) in [5, 5.41) is 6.15. The molecule has 1 amide bonds. The van der Waals surface area contributed by atoms with Crippen molar-refractivity contribution in [1.29, 1.82) is 0 Å². The molecule has 0 spiro atoms. The molecule has 0 saturated carbocycles. The predicted molar refractivity (Wildman–Crippen MR) is 53.1 cm³/mol. The highest BCUT2D eigenvalue weighted by Crippen LogP contribution is 2.08. The van der Waals surface area contributed by atoms with Crippen molar-refractivity contribution < 1.29 is 4.79 Å². The monoisotopic (exact) mass is 205 g/mol. The summed E-state index contributed by atoms with van der Waals surface area (Å²) < 4.78 is 0.